The van der Waals surface area contributed by atoms with Gasteiger partial charge in [-0.2, -0.15) is 5.26 Å². The molecule has 1 saturated carbocycles. The summed E-state index contributed by atoms with van der Waals surface area (Å²) in [6.45, 7) is 1.62. The van der Waals surface area contributed by atoms with Crippen molar-refractivity contribution in [3.8, 4) is 6.07 Å². The van der Waals surface area contributed by atoms with Crippen molar-refractivity contribution in [1.82, 2.24) is 0 Å². The van der Waals surface area contributed by atoms with Gasteiger partial charge in [0, 0.05) is 6.42 Å². The number of carbonyl (C=O) groups is 1. The van der Waals surface area contributed by atoms with Crippen molar-refractivity contribution in [2.24, 2.45) is 5.41 Å². The summed E-state index contributed by atoms with van der Waals surface area (Å²) in [6.07, 6.45) is 6.39. The maximum atomic E-state index is 10.5. The summed E-state index contributed by atoms with van der Waals surface area (Å²) in [5.74, 6) is 0. The standard InChI is InChI=1S/C12H19NO2/c1-11(15,8-9-14)12(10-13)6-4-2-3-5-7-12/h9,15H,2-8H2,1H3. The van der Waals surface area contributed by atoms with Crippen LogP contribution in [-0.4, -0.2) is 17.0 Å². The SMILES string of the molecule is CC(O)(CC=O)C1(C#N)CCCCCC1. The Morgan fingerprint density at radius 3 is 2.33 bits per heavy atom. The molecule has 1 aliphatic rings. The molecule has 0 bridgehead atoms. The number of nitriles is 1. The van der Waals surface area contributed by atoms with E-state index in [0.717, 1.165) is 25.7 Å². The normalized spacial score (nSPS) is 24.6. The highest BCUT2D eigenvalue weighted by Gasteiger charge is 2.46. The predicted molar refractivity (Wildman–Crippen MR) is 57.1 cm³/mol. The molecule has 0 amide bonds. The Morgan fingerprint density at radius 2 is 1.93 bits per heavy atom. The van der Waals surface area contributed by atoms with Crippen LogP contribution in [0.25, 0.3) is 0 Å². The number of nitrogens with zero attached hydrogens (tertiary/aromatic N) is 1. The van der Waals surface area contributed by atoms with Crippen LogP contribution in [-0.2, 0) is 4.79 Å². The van der Waals surface area contributed by atoms with Crippen molar-refractivity contribution in [2.45, 2.75) is 57.5 Å². The van der Waals surface area contributed by atoms with Crippen molar-refractivity contribution in [3.05, 3.63) is 0 Å². The minimum absolute atomic E-state index is 0.0561. The molecule has 1 atom stereocenters. The van der Waals surface area contributed by atoms with E-state index in [1.54, 1.807) is 6.92 Å². The third-order valence-electron chi connectivity index (χ3n) is 3.68. The van der Waals surface area contributed by atoms with Gasteiger partial charge in [-0.3, -0.25) is 0 Å². The summed E-state index contributed by atoms with van der Waals surface area (Å²) in [5.41, 5.74) is -1.89. The molecular weight excluding hydrogens is 190 g/mol. The minimum Gasteiger partial charge on any atom is -0.388 e. The third-order valence-corrected chi connectivity index (χ3v) is 3.68. The highest BCUT2D eigenvalue weighted by molar-refractivity contribution is 5.52. The molecule has 0 spiro atoms. The van der Waals surface area contributed by atoms with Crippen LogP contribution in [0.3, 0.4) is 0 Å². The van der Waals surface area contributed by atoms with E-state index in [4.69, 9.17) is 0 Å². The van der Waals surface area contributed by atoms with Gasteiger partial charge in [0.2, 0.25) is 0 Å². The highest BCUT2D eigenvalue weighted by atomic mass is 16.3. The summed E-state index contributed by atoms with van der Waals surface area (Å²) in [5, 5.41) is 19.6. The van der Waals surface area contributed by atoms with E-state index < -0.39 is 11.0 Å². The molecular formula is C12H19NO2. The van der Waals surface area contributed by atoms with E-state index in [0.29, 0.717) is 19.1 Å². The van der Waals surface area contributed by atoms with Crippen molar-refractivity contribution in [1.29, 1.82) is 5.26 Å². The van der Waals surface area contributed by atoms with Crippen molar-refractivity contribution >= 4 is 6.29 Å². The van der Waals surface area contributed by atoms with E-state index in [9.17, 15) is 15.2 Å². The van der Waals surface area contributed by atoms with Gasteiger partial charge in [-0.25, -0.2) is 0 Å². The maximum Gasteiger partial charge on any atom is 0.122 e. The van der Waals surface area contributed by atoms with E-state index in [1.165, 1.54) is 0 Å². The van der Waals surface area contributed by atoms with Crippen LogP contribution in [0.1, 0.15) is 51.9 Å². The van der Waals surface area contributed by atoms with E-state index in [2.05, 4.69) is 6.07 Å². The van der Waals surface area contributed by atoms with Crippen molar-refractivity contribution in [2.75, 3.05) is 0 Å². The van der Waals surface area contributed by atoms with Crippen molar-refractivity contribution < 1.29 is 9.90 Å². The molecule has 1 N–H and O–H groups in total. The lowest BCUT2D eigenvalue weighted by molar-refractivity contribution is -0.117. The topological polar surface area (TPSA) is 61.1 Å². The van der Waals surface area contributed by atoms with Gasteiger partial charge in [0.25, 0.3) is 0 Å². The van der Waals surface area contributed by atoms with Gasteiger partial charge in [-0.05, 0) is 19.8 Å². The third kappa shape index (κ3) is 2.38. The first-order chi connectivity index (χ1) is 7.08. The van der Waals surface area contributed by atoms with E-state index in [-0.39, 0.29) is 6.42 Å². The summed E-state index contributed by atoms with van der Waals surface area (Å²) < 4.78 is 0. The lowest BCUT2D eigenvalue weighted by Crippen LogP contribution is -2.45. The first-order valence-corrected chi connectivity index (χ1v) is 5.65. The van der Waals surface area contributed by atoms with Crippen LogP contribution in [0.5, 0.6) is 0 Å². The molecule has 0 radical (unpaired) electrons. The van der Waals surface area contributed by atoms with Gasteiger partial charge < -0.3 is 9.90 Å². The summed E-state index contributed by atoms with van der Waals surface area (Å²) in [4.78, 5) is 10.5. The fourth-order valence-electron chi connectivity index (χ4n) is 2.46. The van der Waals surface area contributed by atoms with E-state index in [1.807, 2.05) is 0 Å². The Morgan fingerprint density at radius 1 is 1.40 bits per heavy atom. The van der Waals surface area contributed by atoms with Gasteiger partial charge in [-0.15, -0.1) is 0 Å². The smallest absolute Gasteiger partial charge is 0.122 e. The highest BCUT2D eigenvalue weighted by Crippen LogP contribution is 2.44. The number of aliphatic hydroxyl groups is 1. The number of rotatable bonds is 3. The molecule has 1 unspecified atom stereocenters. The zero-order valence-electron chi connectivity index (χ0n) is 9.33. The molecule has 0 aromatic carbocycles. The van der Waals surface area contributed by atoms with Gasteiger partial charge >= 0.3 is 0 Å². The molecule has 3 nitrogen and oxygen atoms in total. The second-order valence-electron chi connectivity index (χ2n) is 4.75. The van der Waals surface area contributed by atoms with Crippen LogP contribution < -0.4 is 0 Å². The first-order valence-electron chi connectivity index (χ1n) is 5.65. The average molecular weight is 209 g/mol. The second-order valence-corrected chi connectivity index (χ2v) is 4.75. The zero-order chi connectivity index (χ0) is 11.4. The summed E-state index contributed by atoms with van der Waals surface area (Å²) >= 11 is 0. The summed E-state index contributed by atoms with van der Waals surface area (Å²) in [7, 11) is 0. The molecule has 0 aliphatic heterocycles. The fourth-order valence-corrected chi connectivity index (χ4v) is 2.46. The number of hydrogen-bond donors (Lipinski definition) is 1. The van der Waals surface area contributed by atoms with E-state index >= 15 is 0 Å². The molecule has 1 fully saturated rings. The molecule has 1 aliphatic carbocycles. The molecule has 1 rings (SSSR count). The average Bonchev–Trinajstić information content (AvgIpc) is 2.43. The molecule has 0 aromatic heterocycles. The largest absolute Gasteiger partial charge is 0.388 e. The molecule has 0 heterocycles. The Bertz CT molecular complexity index is 257. The number of hydrogen-bond acceptors (Lipinski definition) is 3. The minimum atomic E-state index is -1.17. The Kier molecular flexibility index (Phi) is 3.87. The number of carbonyl (C=O) groups excluding carboxylic acids is 1. The Balaban J connectivity index is 2.91. The quantitative estimate of drug-likeness (QED) is 0.572. The van der Waals surface area contributed by atoms with Gasteiger partial charge in [-0.1, -0.05) is 25.7 Å². The van der Waals surface area contributed by atoms with Gasteiger partial charge in [0.1, 0.15) is 6.29 Å². The van der Waals surface area contributed by atoms with Crippen LogP contribution in [0.15, 0.2) is 0 Å². The zero-order valence-corrected chi connectivity index (χ0v) is 9.33. The van der Waals surface area contributed by atoms with Crippen LogP contribution in [0.2, 0.25) is 0 Å². The van der Waals surface area contributed by atoms with Crippen LogP contribution in [0.4, 0.5) is 0 Å². The maximum absolute atomic E-state index is 10.5. The molecule has 15 heavy (non-hydrogen) atoms. The lowest BCUT2D eigenvalue weighted by atomic mass is 9.67. The van der Waals surface area contributed by atoms with Crippen LogP contribution >= 0.6 is 0 Å². The summed E-state index contributed by atoms with van der Waals surface area (Å²) in [6, 6.07) is 2.27. The van der Waals surface area contributed by atoms with Crippen molar-refractivity contribution in [3.63, 3.8) is 0 Å². The Hall–Kier alpha value is -0.880. The predicted octanol–water partition coefficient (Wildman–Crippen LogP) is 2.19. The number of aldehydes is 1. The monoisotopic (exact) mass is 209 g/mol. The second kappa shape index (κ2) is 4.76. The molecule has 84 valence electrons. The molecule has 3 heteroatoms. The first kappa shape index (κ1) is 12.2. The lowest BCUT2D eigenvalue weighted by Gasteiger charge is -2.38. The van der Waals surface area contributed by atoms with Gasteiger partial charge in [0.15, 0.2) is 0 Å². The fraction of sp³-hybridized carbons (Fsp3) is 0.833. The molecule has 0 saturated heterocycles. The van der Waals surface area contributed by atoms with Gasteiger partial charge in [0.05, 0.1) is 17.1 Å². The Labute approximate surface area is 91.1 Å². The molecule has 0 aromatic rings. The van der Waals surface area contributed by atoms with Crippen LogP contribution in [0, 0.1) is 16.7 Å².